The number of nitrogens with one attached hydrogen (secondary N) is 1. The van der Waals surface area contributed by atoms with Gasteiger partial charge in [0.2, 0.25) is 0 Å². The minimum Gasteiger partial charge on any atom is -0.444 e. The number of hydrogen-bond acceptors (Lipinski definition) is 4. The maximum atomic E-state index is 12.8. The second-order valence-corrected chi connectivity index (χ2v) is 8.04. The number of aromatic nitrogens is 2. The molecule has 0 bridgehead atoms. The molecule has 0 fully saturated rings. The van der Waals surface area contributed by atoms with Crippen molar-refractivity contribution in [3.63, 3.8) is 0 Å². The van der Waals surface area contributed by atoms with Crippen molar-refractivity contribution in [2.45, 2.75) is 44.5 Å². The predicted octanol–water partition coefficient (Wildman–Crippen LogP) is 5.56. The molecule has 1 heterocycles. The molecule has 1 aromatic carbocycles. The van der Waals surface area contributed by atoms with Gasteiger partial charge in [0.1, 0.15) is 16.5 Å². The fourth-order valence-electron chi connectivity index (χ4n) is 2.33. The molecule has 0 saturated heterocycles. The number of benzene rings is 1. The molecule has 1 N–H and O–H groups in total. The Morgan fingerprint density at radius 1 is 1.22 bits per heavy atom. The zero-order valence-corrected chi connectivity index (χ0v) is 16.6. The van der Waals surface area contributed by atoms with Gasteiger partial charge >= 0.3 is 12.3 Å². The molecule has 148 valence electrons. The third-order valence-electron chi connectivity index (χ3n) is 3.41. The number of ether oxygens (including phenoxy) is 1. The summed E-state index contributed by atoms with van der Waals surface area (Å²) < 4.78 is 45.3. The van der Waals surface area contributed by atoms with Gasteiger partial charge in [0.25, 0.3) is 0 Å². The Balaban J connectivity index is 2.37. The van der Waals surface area contributed by atoms with Crippen molar-refractivity contribution >= 4 is 23.7 Å². The molecule has 0 radical (unpaired) electrons. The number of hydrogen-bond donors (Lipinski definition) is 1. The second kappa shape index (κ2) is 7.84. The quantitative estimate of drug-likeness (QED) is 0.681. The average Bonchev–Trinajstić information content (AvgIpc) is 2.82. The van der Waals surface area contributed by atoms with Crippen LogP contribution in [-0.4, -0.2) is 27.0 Å². The number of alkyl halides is 3. The minimum absolute atomic E-state index is 0.313. The zero-order valence-electron chi connectivity index (χ0n) is 15.8. The molecule has 2 aromatic rings. The summed E-state index contributed by atoms with van der Waals surface area (Å²) in [5.41, 5.74) is -0.871. The fourth-order valence-corrected chi connectivity index (χ4v) is 3.12. The van der Waals surface area contributed by atoms with E-state index in [-0.39, 0.29) is 0 Å². The molecule has 0 unspecified atom stereocenters. The zero-order chi connectivity index (χ0) is 20.4. The molecule has 5 nitrogen and oxygen atoms in total. The van der Waals surface area contributed by atoms with Crippen LogP contribution in [0, 0.1) is 0 Å². The van der Waals surface area contributed by atoms with E-state index in [9.17, 15) is 18.0 Å². The Kier molecular flexibility index (Phi) is 6.14. The van der Waals surface area contributed by atoms with Crippen LogP contribution in [-0.2, 0) is 18.0 Å². The summed E-state index contributed by atoms with van der Waals surface area (Å²) in [5, 5.41) is 3.32. The number of nitrogens with zero attached hydrogens (tertiary/aromatic N) is 2. The number of imidazole rings is 1. The predicted molar refractivity (Wildman–Crippen MR) is 99.9 cm³/mol. The van der Waals surface area contributed by atoms with Crippen molar-refractivity contribution in [2.24, 2.45) is 7.05 Å². The van der Waals surface area contributed by atoms with Crippen LogP contribution in [0.5, 0.6) is 0 Å². The van der Waals surface area contributed by atoms with Gasteiger partial charge in [-0.2, -0.15) is 13.2 Å². The van der Waals surface area contributed by atoms with Crippen molar-refractivity contribution < 1.29 is 22.7 Å². The van der Waals surface area contributed by atoms with E-state index in [2.05, 4.69) is 10.3 Å². The number of anilines is 1. The van der Waals surface area contributed by atoms with Gasteiger partial charge in [0.05, 0.1) is 5.56 Å². The molecular formula is C18H22F3N3O2S. The summed E-state index contributed by atoms with van der Waals surface area (Å²) >= 11 is 1.46. The van der Waals surface area contributed by atoms with Crippen LogP contribution >= 0.6 is 11.8 Å². The lowest BCUT2D eigenvalue weighted by molar-refractivity contribution is -0.137. The van der Waals surface area contributed by atoms with Crippen LogP contribution in [0.4, 0.5) is 23.8 Å². The summed E-state index contributed by atoms with van der Waals surface area (Å²) in [7, 11) is 1.75. The SMILES string of the molecule is CCSc1c(NC(=O)OC(C)(C)C)nc(-c2ccc(C(F)(F)F)cc2)n1C. The first-order valence-electron chi connectivity index (χ1n) is 8.29. The number of carbonyl (C=O) groups is 1. The molecule has 0 aliphatic rings. The van der Waals surface area contributed by atoms with E-state index in [1.165, 1.54) is 23.9 Å². The molecule has 27 heavy (non-hydrogen) atoms. The third kappa shape index (κ3) is 5.41. The molecule has 1 amide bonds. The number of amides is 1. The summed E-state index contributed by atoms with van der Waals surface area (Å²) in [6.45, 7) is 7.20. The van der Waals surface area contributed by atoms with Gasteiger partial charge < -0.3 is 9.30 Å². The highest BCUT2D eigenvalue weighted by Gasteiger charge is 2.30. The van der Waals surface area contributed by atoms with Gasteiger partial charge in [-0.05, 0) is 38.7 Å². The highest BCUT2D eigenvalue weighted by atomic mass is 32.2. The maximum Gasteiger partial charge on any atom is 0.416 e. The van der Waals surface area contributed by atoms with Crippen LogP contribution in [0.15, 0.2) is 29.3 Å². The van der Waals surface area contributed by atoms with Crippen molar-refractivity contribution in [2.75, 3.05) is 11.1 Å². The van der Waals surface area contributed by atoms with Gasteiger partial charge in [0.15, 0.2) is 5.82 Å². The molecule has 2 rings (SSSR count). The summed E-state index contributed by atoms with van der Waals surface area (Å²) in [6, 6.07) is 4.75. The standard InChI is InChI=1S/C18H22F3N3O2S/c1-6-27-15-13(23-16(25)26-17(2,3)4)22-14(24(15)5)11-7-9-12(10-8-11)18(19,20)21/h7-10H,6H2,1-5H3,(H,23,25). The van der Waals surface area contributed by atoms with Crippen LogP contribution in [0.3, 0.4) is 0 Å². The Hall–Kier alpha value is -2.16. The van der Waals surface area contributed by atoms with Gasteiger partial charge in [0, 0.05) is 12.6 Å². The van der Waals surface area contributed by atoms with Crippen LogP contribution in [0.1, 0.15) is 33.3 Å². The molecule has 9 heteroatoms. The molecule has 0 saturated carbocycles. The first-order chi connectivity index (χ1) is 12.4. The topological polar surface area (TPSA) is 56.1 Å². The van der Waals surface area contributed by atoms with Crippen molar-refractivity contribution in [3.05, 3.63) is 29.8 Å². The highest BCUT2D eigenvalue weighted by molar-refractivity contribution is 7.99. The van der Waals surface area contributed by atoms with Crippen molar-refractivity contribution in [1.82, 2.24) is 9.55 Å². The third-order valence-corrected chi connectivity index (χ3v) is 4.44. The Labute approximate surface area is 160 Å². The smallest absolute Gasteiger partial charge is 0.416 e. The first kappa shape index (κ1) is 21.1. The van der Waals surface area contributed by atoms with Crippen LogP contribution in [0.2, 0.25) is 0 Å². The second-order valence-electron chi connectivity index (χ2n) is 6.78. The lowest BCUT2D eigenvalue weighted by Crippen LogP contribution is -2.27. The van der Waals surface area contributed by atoms with Crippen molar-refractivity contribution in [3.8, 4) is 11.4 Å². The Morgan fingerprint density at radius 3 is 2.30 bits per heavy atom. The van der Waals surface area contributed by atoms with E-state index in [0.29, 0.717) is 22.2 Å². The van der Waals surface area contributed by atoms with Gasteiger partial charge in [-0.3, -0.25) is 5.32 Å². The summed E-state index contributed by atoms with van der Waals surface area (Å²) in [5.74, 6) is 1.49. The fraction of sp³-hybridized carbons (Fsp3) is 0.444. The van der Waals surface area contributed by atoms with Crippen LogP contribution in [0.25, 0.3) is 11.4 Å². The molecular weight excluding hydrogens is 379 g/mol. The van der Waals surface area contributed by atoms with E-state index >= 15 is 0 Å². The molecule has 0 atom stereocenters. The van der Waals surface area contributed by atoms with Gasteiger partial charge in [-0.1, -0.05) is 19.1 Å². The molecule has 0 aliphatic carbocycles. The molecule has 0 spiro atoms. The van der Waals surface area contributed by atoms with Gasteiger partial charge in [-0.25, -0.2) is 9.78 Å². The van der Waals surface area contributed by atoms with E-state index < -0.39 is 23.4 Å². The number of halogens is 3. The van der Waals surface area contributed by atoms with E-state index in [1.807, 2.05) is 6.92 Å². The maximum absolute atomic E-state index is 12.8. The molecule has 1 aromatic heterocycles. The lowest BCUT2D eigenvalue weighted by Gasteiger charge is -2.19. The summed E-state index contributed by atoms with van der Waals surface area (Å²) in [4.78, 5) is 16.5. The normalized spacial score (nSPS) is 12.1. The lowest BCUT2D eigenvalue weighted by atomic mass is 10.1. The number of carbonyl (C=O) groups excluding carboxylic acids is 1. The van der Waals surface area contributed by atoms with Crippen molar-refractivity contribution in [1.29, 1.82) is 0 Å². The Bertz CT molecular complexity index is 809. The van der Waals surface area contributed by atoms with Gasteiger partial charge in [-0.15, -0.1) is 11.8 Å². The average molecular weight is 401 g/mol. The largest absolute Gasteiger partial charge is 0.444 e. The van der Waals surface area contributed by atoms with E-state index in [1.54, 1.807) is 32.4 Å². The summed E-state index contributed by atoms with van der Waals surface area (Å²) in [6.07, 6.45) is -5.04. The van der Waals surface area contributed by atoms with E-state index in [4.69, 9.17) is 4.74 Å². The Morgan fingerprint density at radius 2 is 1.81 bits per heavy atom. The number of thioether (sulfide) groups is 1. The minimum atomic E-state index is -4.40. The van der Waals surface area contributed by atoms with E-state index in [0.717, 1.165) is 17.9 Å². The molecule has 0 aliphatic heterocycles. The number of rotatable bonds is 4. The highest BCUT2D eigenvalue weighted by Crippen LogP contribution is 2.34. The van der Waals surface area contributed by atoms with Crippen LogP contribution < -0.4 is 5.32 Å². The first-order valence-corrected chi connectivity index (χ1v) is 9.28. The monoisotopic (exact) mass is 401 g/mol.